The average Bonchev–Trinajstić information content (AvgIpc) is 2.67. The van der Waals surface area contributed by atoms with Crippen LogP contribution in [0.5, 0.6) is 11.5 Å². The molecular formula is C25H44O2. The van der Waals surface area contributed by atoms with Crippen LogP contribution in [0.1, 0.15) is 116 Å². The van der Waals surface area contributed by atoms with E-state index in [1.807, 2.05) is 25.1 Å². The molecule has 2 heteroatoms. The highest BCUT2D eigenvalue weighted by atomic mass is 16.5. The number of benzene rings is 1. The van der Waals surface area contributed by atoms with Crippen molar-refractivity contribution in [1.82, 2.24) is 0 Å². The third kappa shape index (κ3) is 12.0. The second kappa shape index (κ2) is 17.0. The molecule has 0 aromatic heterocycles. The SMILES string of the molecule is CCCCCCCCCCCCCCCCCc1cccc(OCC)c1O. The Labute approximate surface area is 168 Å². The van der Waals surface area contributed by atoms with Crippen molar-refractivity contribution < 1.29 is 9.84 Å². The number of unbranched alkanes of at least 4 members (excludes halogenated alkanes) is 14. The summed E-state index contributed by atoms with van der Waals surface area (Å²) < 4.78 is 5.46. The Kier molecular flexibility index (Phi) is 15.0. The van der Waals surface area contributed by atoms with Crippen molar-refractivity contribution in [3.8, 4) is 11.5 Å². The summed E-state index contributed by atoms with van der Waals surface area (Å²) in [6.45, 7) is 4.82. The Morgan fingerprint density at radius 2 is 1.15 bits per heavy atom. The van der Waals surface area contributed by atoms with Gasteiger partial charge in [0.1, 0.15) is 0 Å². The minimum Gasteiger partial charge on any atom is -0.504 e. The largest absolute Gasteiger partial charge is 0.504 e. The number of para-hydroxylation sites is 1. The maximum atomic E-state index is 10.2. The summed E-state index contributed by atoms with van der Waals surface area (Å²) in [5, 5.41) is 10.2. The Morgan fingerprint density at radius 3 is 1.63 bits per heavy atom. The van der Waals surface area contributed by atoms with Crippen LogP contribution in [-0.4, -0.2) is 11.7 Å². The first-order valence-electron chi connectivity index (χ1n) is 11.7. The van der Waals surface area contributed by atoms with Crippen LogP contribution < -0.4 is 4.74 Å². The van der Waals surface area contributed by atoms with Crippen LogP contribution in [0.3, 0.4) is 0 Å². The van der Waals surface area contributed by atoms with E-state index in [9.17, 15) is 5.11 Å². The zero-order valence-corrected chi connectivity index (χ0v) is 18.1. The molecule has 0 fully saturated rings. The fraction of sp³-hybridized carbons (Fsp3) is 0.760. The van der Waals surface area contributed by atoms with Crippen LogP contribution in [-0.2, 0) is 6.42 Å². The molecule has 0 atom stereocenters. The first kappa shape index (κ1) is 23.9. The van der Waals surface area contributed by atoms with Gasteiger partial charge in [0, 0.05) is 0 Å². The summed E-state index contributed by atoms with van der Waals surface area (Å²) in [7, 11) is 0. The molecule has 0 saturated carbocycles. The molecule has 27 heavy (non-hydrogen) atoms. The van der Waals surface area contributed by atoms with Crippen molar-refractivity contribution >= 4 is 0 Å². The lowest BCUT2D eigenvalue weighted by Crippen LogP contribution is -1.94. The van der Waals surface area contributed by atoms with Gasteiger partial charge in [-0.2, -0.15) is 0 Å². The van der Waals surface area contributed by atoms with Crippen molar-refractivity contribution in [2.75, 3.05) is 6.61 Å². The number of phenols is 1. The molecule has 0 spiro atoms. The number of hydrogen-bond acceptors (Lipinski definition) is 2. The van der Waals surface area contributed by atoms with Crippen LogP contribution in [0.4, 0.5) is 0 Å². The third-order valence-corrected chi connectivity index (χ3v) is 5.43. The van der Waals surface area contributed by atoms with Gasteiger partial charge in [0.25, 0.3) is 0 Å². The highest BCUT2D eigenvalue weighted by Gasteiger charge is 2.07. The molecular weight excluding hydrogens is 332 g/mol. The van der Waals surface area contributed by atoms with E-state index in [4.69, 9.17) is 4.74 Å². The number of rotatable bonds is 18. The molecule has 0 radical (unpaired) electrons. The van der Waals surface area contributed by atoms with Crippen molar-refractivity contribution in [3.05, 3.63) is 23.8 Å². The Morgan fingerprint density at radius 1 is 0.667 bits per heavy atom. The van der Waals surface area contributed by atoms with Gasteiger partial charge in [-0.25, -0.2) is 0 Å². The highest BCUT2D eigenvalue weighted by molar-refractivity contribution is 5.45. The summed E-state index contributed by atoms with van der Waals surface area (Å²) in [5.41, 5.74) is 1.02. The maximum Gasteiger partial charge on any atom is 0.161 e. The van der Waals surface area contributed by atoms with E-state index < -0.39 is 0 Å². The van der Waals surface area contributed by atoms with E-state index in [0.717, 1.165) is 18.4 Å². The monoisotopic (exact) mass is 376 g/mol. The molecule has 0 unspecified atom stereocenters. The first-order chi connectivity index (χ1) is 13.3. The van der Waals surface area contributed by atoms with E-state index in [2.05, 4.69) is 6.92 Å². The lowest BCUT2D eigenvalue weighted by atomic mass is 10.0. The Bertz CT molecular complexity index is 456. The van der Waals surface area contributed by atoms with Gasteiger partial charge in [0.05, 0.1) is 6.61 Å². The smallest absolute Gasteiger partial charge is 0.161 e. The molecule has 1 aromatic carbocycles. The van der Waals surface area contributed by atoms with Crippen LogP contribution in [0.2, 0.25) is 0 Å². The molecule has 0 amide bonds. The standard InChI is InChI=1S/C25H44O2/c1-3-5-6-7-8-9-10-11-12-13-14-15-16-17-18-20-23-21-19-22-24(25(23)26)27-4-2/h19,21-22,26H,3-18,20H2,1-2H3. The third-order valence-electron chi connectivity index (χ3n) is 5.43. The van der Waals surface area contributed by atoms with Crippen molar-refractivity contribution in [1.29, 1.82) is 0 Å². The predicted molar refractivity (Wildman–Crippen MR) is 118 cm³/mol. The van der Waals surface area contributed by atoms with E-state index >= 15 is 0 Å². The van der Waals surface area contributed by atoms with Crippen molar-refractivity contribution in [2.24, 2.45) is 0 Å². The lowest BCUT2D eigenvalue weighted by Gasteiger charge is -2.10. The summed E-state index contributed by atoms with van der Waals surface area (Å²) in [6.07, 6.45) is 21.7. The van der Waals surface area contributed by atoms with Crippen molar-refractivity contribution in [3.63, 3.8) is 0 Å². The Hall–Kier alpha value is -1.18. The highest BCUT2D eigenvalue weighted by Crippen LogP contribution is 2.30. The van der Waals surface area contributed by atoms with E-state index in [0.29, 0.717) is 18.1 Å². The van der Waals surface area contributed by atoms with E-state index in [1.165, 1.54) is 89.9 Å². The van der Waals surface area contributed by atoms with Crippen LogP contribution in [0.25, 0.3) is 0 Å². The fourth-order valence-electron chi connectivity index (χ4n) is 3.73. The molecule has 2 nitrogen and oxygen atoms in total. The minimum absolute atomic E-state index is 0.338. The summed E-state index contributed by atoms with van der Waals surface area (Å²) in [5.74, 6) is 0.959. The molecule has 0 saturated heterocycles. The lowest BCUT2D eigenvalue weighted by molar-refractivity contribution is 0.316. The number of aryl methyl sites for hydroxylation is 1. The number of phenolic OH excluding ortho intramolecular Hbond substituents is 1. The minimum atomic E-state index is 0.338. The fourth-order valence-corrected chi connectivity index (χ4v) is 3.73. The maximum absolute atomic E-state index is 10.2. The molecule has 0 aliphatic rings. The predicted octanol–water partition coefficient (Wildman–Crippen LogP) is 8.20. The molecule has 0 aliphatic heterocycles. The van der Waals surface area contributed by atoms with Gasteiger partial charge in [-0.3, -0.25) is 0 Å². The van der Waals surface area contributed by atoms with Gasteiger partial charge in [0.15, 0.2) is 11.5 Å². The van der Waals surface area contributed by atoms with Gasteiger partial charge in [0.2, 0.25) is 0 Å². The van der Waals surface area contributed by atoms with Gasteiger partial charge >= 0.3 is 0 Å². The molecule has 1 N–H and O–H groups in total. The van der Waals surface area contributed by atoms with Gasteiger partial charge in [-0.1, -0.05) is 109 Å². The van der Waals surface area contributed by atoms with Gasteiger partial charge < -0.3 is 9.84 Å². The molecule has 1 aromatic rings. The molecule has 0 aliphatic carbocycles. The van der Waals surface area contributed by atoms with Crippen molar-refractivity contribution in [2.45, 2.75) is 117 Å². The summed E-state index contributed by atoms with van der Waals surface area (Å²) >= 11 is 0. The van der Waals surface area contributed by atoms with Crippen LogP contribution in [0, 0.1) is 0 Å². The summed E-state index contributed by atoms with van der Waals surface area (Å²) in [6, 6.07) is 5.84. The van der Waals surface area contributed by atoms with Crippen LogP contribution in [0.15, 0.2) is 18.2 Å². The molecule has 156 valence electrons. The van der Waals surface area contributed by atoms with Crippen LogP contribution >= 0.6 is 0 Å². The topological polar surface area (TPSA) is 29.5 Å². The quantitative estimate of drug-likeness (QED) is 0.262. The number of ether oxygens (including phenoxy) is 1. The van der Waals surface area contributed by atoms with Gasteiger partial charge in [-0.05, 0) is 31.4 Å². The second-order valence-corrected chi connectivity index (χ2v) is 7.90. The number of aromatic hydroxyl groups is 1. The molecule has 0 bridgehead atoms. The zero-order chi connectivity index (χ0) is 19.6. The van der Waals surface area contributed by atoms with E-state index in [1.54, 1.807) is 0 Å². The average molecular weight is 377 g/mol. The second-order valence-electron chi connectivity index (χ2n) is 7.90. The van der Waals surface area contributed by atoms with E-state index in [-0.39, 0.29) is 0 Å². The molecule has 0 heterocycles. The first-order valence-corrected chi connectivity index (χ1v) is 11.7. The molecule has 1 rings (SSSR count). The van der Waals surface area contributed by atoms with Gasteiger partial charge in [-0.15, -0.1) is 0 Å². The normalized spacial score (nSPS) is 11.0. The number of hydrogen-bond donors (Lipinski definition) is 1. The Balaban J connectivity index is 1.90. The summed E-state index contributed by atoms with van der Waals surface area (Å²) in [4.78, 5) is 0. The zero-order valence-electron chi connectivity index (χ0n) is 18.1.